The molecule has 202 valence electrons. The van der Waals surface area contributed by atoms with Crippen LogP contribution < -0.4 is 0 Å². The fourth-order valence-corrected chi connectivity index (χ4v) is 11.0. The molecule has 5 heteroatoms. The molecular formula is C31H48O5. The van der Waals surface area contributed by atoms with Gasteiger partial charge in [0.2, 0.25) is 5.79 Å². The third-order valence-corrected chi connectivity index (χ3v) is 13.4. The minimum absolute atomic E-state index is 0.00897. The Morgan fingerprint density at radius 3 is 2.31 bits per heavy atom. The maximum Gasteiger partial charge on any atom is 0.311 e. The molecule has 2 spiro atoms. The lowest BCUT2D eigenvalue weighted by Gasteiger charge is -2.63. The SMILES string of the molecule is C[C@@H]1C[C@]2(OC[C@@]34[C@@H]1CC[C@@]3(C)C1=C(C[C@@H]4O)[C@@]3(C)CC[C@@H](O)C(C)(C)[C@@H]3CC1)OC(=O)[C@@H](C)[C@@H]2C. The van der Waals surface area contributed by atoms with Crippen molar-refractivity contribution in [3.63, 3.8) is 0 Å². The summed E-state index contributed by atoms with van der Waals surface area (Å²) in [4.78, 5) is 12.6. The van der Waals surface area contributed by atoms with Crippen LogP contribution in [0.15, 0.2) is 11.1 Å². The number of aliphatic hydroxyl groups excluding tert-OH is 2. The van der Waals surface area contributed by atoms with Gasteiger partial charge in [-0.15, -0.1) is 0 Å². The Morgan fingerprint density at radius 2 is 1.64 bits per heavy atom. The maximum atomic E-state index is 12.6. The van der Waals surface area contributed by atoms with Crippen molar-refractivity contribution >= 4 is 5.97 Å². The molecule has 5 nitrogen and oxygen atoms in total. The fourth-order valence-electron chi connectivity index (χ4n) is 11.0. The normalized spacial score (nSPS) is 55.9. The van der Waals surface area contributed by atoms with Crippen LogP contribution >= 0.6 is 0 Å². The average Bonchev–Trinajstić information content (AvgIpc) is 3.18. The number of fused-ring (bicyclic) bond motifs is 3. The van der Waals surface area contributed by atoms with Crippen LogP contribution in [-0.2, 0) is 14.3 Å². The van der Waals surface area contributed by atoms with Crippen LogP contribution in [0.25, 0.3) is 0 Å². The van der Waals surface area contributed by atoms with E-state index in [0.29, 0.717) is 24.4 Å². The Morgan fingerprint density at radius 1 is 0.917 bits per heavy atom. The monoisotopic (exact) mass is 500 g/mol. The quantitative estimate of drug-likeness (QED) is 0.333. The van der Waals surface area contributed by atoms with E-state index in [9.17, 15) is 15.0 Å². The number of aliphatic hydroxyl groups is 2. The summed E-state index contributed by atoms with van der Waals surface area (Å²) in [5, 5.41) is 23.1. The van der Waals surface area contributed by atoms with Gasteiger partial charge in [0.25, 0.3) is 0 Å². The molecule has 0 amide bonds. The minimum atomic E-state index is -0.864. The van der Waals surface area contributed by atoms with E-state index in [1.807, 2.05) is 6.92 Å². The molecule has 2 saturated carbocycles. The maximum absolute atomic E-state index is 12.6. The molecule has 2 saturated heterocycles. The molecule has 2 heterocycles. The molecule has 36 heavy (non-hydrogen) atoms. The van der Waals surface area contributed by atoms with Crippen molar-refractivity contribution in [3.8, 4) is 0 Å². The van der Waals surface area contributed by atoms with Crippen LogP contribution in [0.5, 0.6) is 0 Å². The molecule has 6 aliphatic rings. The van der Waals surface area contributed by atoms with Crippen molar-refractivity contribution < 1.29 is 24.5 Å². The summed E-state index contributed by atoms with van der Waals surface area (Å²) in [6.07, 6.45) is 6.90. The Kier molecular flexibility index (Phi) is 5.36. The third kappa shape index (κ3) is 2.81. The van der Waals surface area contributed by atoms with Gasteiger partial charge in [-0.1, -0.05) is 59.6 Å². The predicted octanol–water partition coefficient (Wildman–Crippen LogP) is 5.63. The molecule has 0 bridgehead atoms. The van der Waals surface area contributed by atoms with E-state index in [2.05, 4.69) is 41.5 Å². The number of carbonyl (C=O) groups is 1. The minimum Gasteiger partial charge on any atom is -0.433 e. The molecule has 4 fully saturated rings. The Balaban J connectivity index is 1.44. The molecule has 11 atom stereocenters. The van der Waals surface area contributed by atoms with E-state index in [0.717, 1.165) is 51.4 Å². The van der Waals surface area contributed by atoms with Gasteiger partial charge in [0.1, 0.15) is 0 Å². The number of rotatable bonds is 0. The highest BCUT2D eigenvalue weighted by molar-refractivity contribution is 5.75. The molecule has 2 N–H and O–H groups in total. The summed E-state index contributed by atoms with van der Waals surface area (Å²) in [7, 11) is 0. The smallest absolute Gasteiger partial charge is 0.311 e. The van der Waals surface area contributed by atoms with Crippen molar-refractivity contribution in [2.45, 2.75) is 118 Å². The zero-order chi connectivity index (χ0) is 26.1. The number of esters is 1. The second-order valence-electron chi connectivity index (χ2n) is 14.9. The highest BCUT2D eigenvalue weighted by atomic mass is 16.7. The van der Waals surface area contributed by atoms with Gasteiger partial charge in [0.05, 0.1) is 24.7 Å². The number of carbonyl (C=O) groups excluding carboxylic acids is 1. The lowest BCUT2D eigenvalue weighted by Crippen LogP contribution is -2.60. The second-order valence-corrected chi connectivity index (χ2v) is 14.9. The fraction of sp³-hybridized carbons (Fsp3) is 0.903. The van der Waals surface area contributed by atoms with E-state index in [1.54, 1.807) is 5.57 Å². The topological polar surface area (TPSA) is 76.0 Å². The number of ether oxygens (including phenoxy) is 2. The zero-order valence-electron chi connectivity index (χ0n) is 23.5. The lowest BCUT2D eigenvalue weighted by molar-refractivity contribution is -0.248. The summed E-state index contributed by atoms with van der Waals surface area (Å²) < 4.78 is 12.8. The van der Waals surface area contributed by atoms with Crippen LogP contribution in [0.4, 0.5) is 0 Å². The predicted molar refractivity (Wildman–Crippen MR) is 138 cm³/mol. The van der Waals surface area contributed by atoms with Crippen LogP contribution in [0, 0.1) is 51.2 Å². The van der Waals surface area contributed by atoms with E-state index in [1.165, 1.54) is 5.57 Å². The summed E-state index contributed by atoms with van der Waals surface area (Å²) in [6, 6.07) is 0. The molecule has 0 unspecified atom stereocenters. The van der Waals surface area contributed by atoms with Crippen LogP contribution in [0.1, 0.15) is 99.8 Å². The largest absolute Gasteiger partial charge is 0.433 e. The second kappa shape index (κ2) is 7.60. The van der Waals surface area contributed by atoms with E-state index < -0.39 is 11.9 Å². The Hall–Kier alpha value is -0.910. The number of allylic oxidation sites excluding steroid dienone is 1. The molecule has 0 aromatic heterocycles. The Labute approximate surface area is 217 Å². The Bertz CT molecular complexity index is 1000. The first-order valence-corrected chi connectivity index (χ1v) is 14.7. The molecule has 6 rings (SSSR count). The van der Waals surface area contributed by atoms with Gasteiger partial charge in [-0.3, -0.25) is 4.79 Å². The molecular weight excluding hydrogens is 452 g/mol. The van der Waals surface area contributed by atoms with Gasteiger partial charge in [0.15, 0.2) is 0 Å². The molecule has 0 aromatic carbocycles. The lowest BCUT2D eigenvalue weighted by atomic mass is 9.42. The van der Waals surface area contributed by atoms with Gasteiger partial charge in [-0.2, -0.15) is 0 Å². The van der Waals surface area contributed by atoms with Crippen molar-refractivity contribution in [3.05, 3.63) is 11.1 Å². The zero-order valence-corrected chi connectivity index (χ0v) is 23.5. The number of hydrogen-bond donors (Lipinski definition) is 2. The average molecular weight is 501 g/mol. The van der Waals surface area contributed by atoms with Gasteiger partial charge in [0, 0.05) is 17.8 Å². The van der Waals surface area contributed by atoms with Crippen molar-refractivity contribution in [2.75, 3.05) is 6.61 Å². The van der Waals surface area contributed by atoms with Crippen LogP contribution in [0.3, 0.4) is 0 Å². The van der Waals surface area contributed by atoms with Crippen molar-refractivity contribution in [2.24, 2.45) is 51.2 Å². The van der Waals surface area contributed by atoms with E-state index in [-0.39, 0.29) is 45.6 Å². The summed E-state index contributed by atoms with van der Waals surface area (Å²) in [5.41, 5.74) is 2.55. The summed E-state index contributed by atoms with van der Waals surface area (Å²) >= 11 is 0. The van der Waals surface area contributed by atoms with Crippen LogP contribution in [0.2, 0.25) is 0 Å². The highest BCUT2D eigenvalue weighted by Crippen LogP contribution is 2.73. The first kappa shape index (κ1) is 25.4. The summed E-state index contributed by atoms with van der Waals surface area (Å²) in [5.74, 6) is -0.0750. The summed E-state index contributed by atoms with van der Waals surface area (Å²) in [6.45, 7) is 16.2. The van der Waals surface area contributed by atoms with Gasteiger partial charge in [-0.25, -0.2) is 0 Å². The van der Waals surface area contributed by atoms with Crippen LogP contribution in [-0.4, -0.2) is 40.8 Å². The van der Waals surface area contributed by atoms with Crippen molar-refractivity contribution in [1.82, 2.24) is 0 Å². The van der Waals surface area contributed by atoms with E-state index >= 15 is 0 Å². The molecule has 0 aromatic rings. The molecule has 0 radical (unpaired) electrons. The first-order chi connectivity index (χ1) is 16.7. The van der Waals surface area contributed by atoms with Gasteiger partial charge >= 0.3 is 5.97 Å². The molecule has 2 aliphatic heterocycles. The van der Waals surface area contributed by atoms with E-state index in [4.69, 9.17) is 9.47 Å². The highest BCUT2D eigenvalue weighted by Gasteiger charge is 2.71. The first-order valence-electron chi connectivity index (χ1n) is 14.7. The standard InChI is InChI=1S/C31H48O5/c1-17-15-31(19(3)18(2)26(34)36-31)35-16-30-20(17)10-13-29(30,7)21-8-9-23-27(4,5)24(32)11-12-28(23,6)22(21)14-25(30)33/h17-20,23-25,32-33H,8-16H2,1-7H3/t17-,18+,19+,20-,23+,24-,25+,28-,29+,30+,31+/m1/s1. The third-order valence-electron chi connectivity index (χ3n) is 13.4. The van der Waals surface area contributed by atoms with Gasteiger partial charge in [-0.05, 0) is 78.9 Å². The van der Waals surface area contributed by atoms with Crippen molar-refractivity contribution in [1.29, 1.82) is 0 Å². The molecule has 4 aliphatic carbocycles. The number of hydrogen-bond acceptors (Lipinski definition) is 5. The van der Waals surface area contributed by atoms with Gasteiger partial charge < -0.3 is 19.7 Å².